The van der Waals surface area contributed by atoms with Gasteiger partial charge in [0.1, 0.15) is 0 Å². The quantitative estimate of drug-likeness (QED) is 0.806. The van der Waals surface area contributed by atoms with Crippen molar-refractivity contribution < 1.29 is 23.4 Å². The zero-order valence-electron chi connectivity index (χ0n) is 9.42. The molecule has 4 bridgehead atoms. The molecule has 1 N–H and O–H groups in total. The molecule has 2 saturated heterocycles. The Bertz CT molecular complexity index is 524. The molecule has 0 spiro atoms. The second-order valence-electron chi connectivity index (χ2n) is 7.18. The number of rotatable bonds is 2. The van der Waals surface area contributed by atoms with E-state index in [0.29, 0.717) is 23.7 Å². The van der Waals surface area contributed by atoms with Crippen LogP contribution in [0.5, 0.6) is 0 Å². The van der Waals surface area contributed by atoms with E-state index < -0.39 is 17.5 Å². The average Bonchev–Trinajstić information content (AvgIpc) is 2.86. The Labute approximate surface area is 101 Å². The average molecular weight is 254 g/mol. The molecule has 5 aliphatic carbocycles. The molecule has 7 rings (SSSR count). The highest BCUT2D eigenvalue weighted by atomic mass is 19.3. The first-order valence-electron chi connectivity index (χ1n) is 6.81. The maximum Gasteiger partial charge on any atom is 0.377 e. The van der Waals surface area contributed by atoms with Crippen LogP contribution in [0, 0.1) is 47.3 Å². The summed E-state index contributed by atoms with van der Waals surface area (Å²) in [7, 11) is 0. The Morgan fingerprint density at radius 2 is 1.94 bits per heavy atom. The normalized spacial score (nSPS) is 71.6. The van der Waals surface area contributed by atoms with Crippen LogP contribution in [0.1, 0.15) is 6.42 Å². The molecule has 2 heterocycles. The SMILES string of the molecule is O=C(O)C(F)(F)[C@]12OC3C4C5CC(C6C5C3C61)C42. The van der Waals surface area contributed by atoms with Gasteiger partial charge < -0.3 is 9.84 Å². The summed E-state index contributed by atoms with van der Waals surface area (Å²) in [5.74, 6) is -3.63. The lowest BCUT2D eigenvalue weighted by atomic mass is 9.56. The Morgan fingerprint density at radius 1 is 1.17 bits per heavy atom. The summed E-state index contributed by atoms with van der Waals surface area (Å²) < 4.78 is 34.4. The Hall–Kier alpha value is -0.710. The van der Waals surface area contributed by atoms with E-state index >= 15 is 0 Å². The number of alkyl halides is 2. The van der Waals surface area contributed by atoms with Gasteiger partial charge in [-0.15, -0.1) is 0 Å². The van der Waals surface area contributed by atoms with Crippen molar-refractivity contribution in [2.45, 2.75) is 24.0 Å². The van der Waals surface area contributed by atoms with Crippen LogP contribution in [0.2, 0.25) is 0 Å². The monoisotopic (exact) mass is 254 g/mol. The first kappa shape index (κ1) is 9.23. The van der Waals surface area contributed by atoms with Gasteiger partial charge in [0.2, 0.25) is 0 Å². The van der Waals surface area contributed by atoms with E-state index in [1.807, 2.05) is 0 Å². The van der Waals surface area contributed by atoms with Gasteiger partial charge in [-0.2, -0.15) is 8.78 Å². The predicted octanol–water partition coefficient (Wildman–Crippen LogP) is 1.23. The minimum absolute atomic E-state index is 0.0380. The highest BCUT2D eigenvalue weighted by Gasteiger charge is 2.97. The van der Waals surface area contributed by atoms with Crippen LogP contribution < -0.4 is 0 Å². The lowest BCUT2D eigenvalue weighted by Gasteiger charge is -2.46. The highest BCUT2D eigenvalue weighted by molar-refractivity contribution is 5.78. The van der Waals surface area contributed by atoms with Crippen LogP contribution in [0.25, 0.3) is 0 Å². The third-order valence-corrected chi connectivity index (χ3v) is 7.46. The first-order chi connectivity index (χ1) is 8.52. The van der Waals surface area contributed by atoms with Crippen molar-refractivity contribution in [3.05, 3.63) is 0 Å². The van der Waals surface area contributed by atoms with Crippen molar-refractivity contribution in [2.24, 2.45) is 47.3 Å². The predicted molar refractivity (Wildman–Crippen MR) is 52.7 cm³/mol. The van der Waals surface area contributed by atoms with Crippen LogP contribution in [-0.4, -0.2) is 28.7 Å². The Morgan fingerprint density at radius 3 is 2.67 bits per heavy atom. The molecule has 10 atom stereocenters. The summed E-state index contributed by atoms with van der Waals surface area (Å²) in [6.45, 7) is 0. The fourth-order valence-corrected chi connectivity index (χ4v) is 7.67. The van der Waals surface area contributed by atoms with Crippen LogP contribution in [0.3, 0.4) is 0 Å². The number of halogens is 2. The standard InChI is InChI=1S/C13H12F2O3/c14-13(15,11(16)17)12-8-3-1-2-4-5(3)9(12)7(4)10(18-12)6(2)8/h2-10H,1H2,(H,16,17)/t2?,3?,4?,5?,6?,7?,8?,9?,10?,12-/m1/s1. The molecule has 5 saturated carbocycles. The second-order valence-corrected chi connectivity index (χ2v) is 7.18. The van der Waals surface area contributed by atoms with Crippen molar-refractivity contribution in [2.75, 3.05) is 0 Å². The van der Waals surface area contributed by atoms with E-state index in [1.165, 1.54) is 0 Å². The van der Waals surface area contributed by atoms with Gasteiger partial charge >= 0.3 is 11.9 Å². The topological polar surface area (TPSA) is 46.5 Å². The van der Waals surface area contributed by atoms with E-state index in [2.05, 4.69) is 0 Å². The summed E-state index contributed by atoms with van der Waals surface area (Å²) in [6, 6.07) is 0. The number of hydrogen-bond acceptors (Lipinski definition) is 2. The van der Waals surface area contributed by atoms with Crippen molar-refractivity contribution in [1.29, 1.82) is 0 Å². The van der Waals surface area contributed by atoms with Gasteiger partial charge in [0.15, 0.2) is 5.60 Å². The molecular weight excluding hydrogens is 242 g/mol. The minimum atomic E-state index is -3.71. The van der Waals surface area contributed by atoms with Gasteiger partial charge in [-0.25, -0.2) is 4.79 Å². The molecule has 5 heteroatoms. The Kier molecular flexibility index (Phi) is 1.04. The molecule has 0 radical (unpaired) electrons. The van der Waals surface area contributed by atoms with Gasteiger partial charge in [-0.05, 0) is 41.9 Å². The molecule has 0 aromatic rings. The van der Waals surface area contributed by atoms with Crippen molar-refractivity contribution in [3.8, 4) is 0 Å². The van der Waals surface area contributed by atoms with Crippen LogP contribution in [-0.2, 0) is 9.53 Å². The zero-order chi connectivity index (χ0) is 12.2. The maximum absolute atomic E-state index is 14.3. The molecular formula is C13H12F2O3. The van der Waals surface area contributed by atoms with Gasteiger partial charge in [-0.1, -0.05) is 0 Å². The largest absolute Gasteiger partial charge is 0.477 e. The molecule has 0 aromatic heterocycles. The van der Waals surface area contributed by atoms with Crippen LogP contribution >= 0.6 is 0 Å². The molecule has 7 aliphatic rings. The third kappa shape index (κ3) is 0.497. The van der Waals surface area contributed by atoms with E-state index in [4.69, 9.17) is 9.84 Å². The van der Waals surface area contributed by atoms with E-state index in [0.717, 1.165) is 6.42 Å². The van der Waals surface area contributed by atoms with Gasteiger partial charge in [0.25, 0.3) is 0 Å². The van der Waals surface area contributed by atoms with Crippen molar-refractivity contribution >= 4 is 5.97 Å². The van der Waals surface area contributed by atoms with E-state index in [1.54, 1.807) is 0 Å². The molecule has 18 heavy (non-hydrogen) atoms. The van der Waals surface area contributed by atoms with Gasteiger partial charge in [-0.3, -0.25) is 0 Å². The molecule has 2 aliphatic heterocycles. The minimum Gasteiger partial charge on any atom is -0.477 e. The number of carboxylic acids is 1. The summed E-state index contributed by atoms with van der Waals surface area (Å²) in [5.41, 5.74) is -1.63. The summed E-state index contributed by atoms with van der Waals surface area (Å²) in [6.07, 6.45) is 1.03. The summed E-state index contributed by atoms with van der Waals surface area (Å²) in [4.78, 5) is 11.0. The zero-order valence-corrected chi connectivity index (χ0v) is 9.42. The maximum atomic E-state index is 14.3. The van der Waals surface area contributed by atoms with Crippen molar-refractivity contribution in [1.82, 2.24) is 0 Å². The van der Waals surface area contributed by atoms with Crippen LogP contribution in [0.15, 0.2) is 0 Å². The summed E-state index contributed by atoms with van der Waals surface area (Å²) in [5, 5.41) is 8.95. The fourth-order valence-electron chi connectivity index (χ4n) is 7.67. The Balaban J connectivity index is 1.65. The lowest BCUT2D eigenvalue weighted by Crippen LogP contribution is -2.61. The molecule has 9 unspecified atom stereocenters. The molecule has 7 fully saturated rings. The smallest absolute Gasteiger partial charge is 0.377 e. The number of ether oxygens (including phenoxy) is 1. The molecule has 0 aromatic carbocycles. The molecule has 96 valence electrons. The molecule has 3 nitrogen and oxygen atoms in total. The van der Waals surface area contributed by atoms with Crippen molar-refractivity contribution in [3.63, 3.8) is 0 Å². The lowest BCUT2D eigenvalue weighted by molar-refractivity contribution is -0.222. The number of carboxylic acid groups (broad SMARTS) is 1. The summed E-state index contributed by atoms with van der Waals surface area (Å²) >= 11 is 0. The van der Waals surface area contributed by atoms with E-state index in [9.17, 15) is 13.6 Å². The number of hydrogen-bond donors (Lipinski definition) is 1. The third-order valence-electron chi connectivity index (χ3n) is 7.46. The second kappa shape index (κ2) is 2.03. The van der Waals surface area contributed by atoms with E-state index in [-0.39, 0.29) is 29.8 Å². The fraction of sp³-hybridized carbons (Fsp3) is 0.923. The van der Waals surface area contributed by atoms with Gasteiger partial charge in [0.05, 0.1) is 6.10 Å². The highest BCUT2D eigenvalue weighted by Crippen LogP contribution is 2.91. The number of carbonyl (C=O) groups is 1. The molecule has 0 amide bonds. The van der Waals surface area contributed by atoms with Crippen LogP contribution in [0.4, 0.5) is 8.78 Å². The number of aliphatic carboxylic acids is 1. The van der Waals surface area contributed by atoms with Gasteiger partial charge in [0, 0.05) is 11.8 Å². The first-order valence-corrected chi connectivity index (χ1v) is 6.81.